The minimum atomic E-state index is -0.650. The maximum absolute atomic E-state index is 12.7. The number of rotatable bonds is 3. The summed E-state index contributed by atoms with van der Waals surface area (Å²) in [6.07, 6.45) is 3.75. The van der Waals surface area contributed by atoms with Crippen LogP contribution in [0.15, 0.2) is 18.3 Å². The summed E-state index contributed by atoms with van der Waals surface area (Å²) in [5, 5.41) is 0.275. The van der Waals surface area contributed by atoms with Crippen LogP contribution < -0.4 is 0 Å². The van der Waals surface area contributed by atoms with Crippen LogP contribution in [-0.2, 0) is 9.53 Å². The molecule has 0 fully saturated rings. The maximum Gasteiger partial charge on any atom is 0.330 e. The Balaban J connectivity index is 2.79. The lowest BCUT2D eigenvalue weighted by Crippen LogP contribution is -1.98. The molecular formula is C10H9ClFNO2. The largest absolute Gasteiger partial charge is 0.463 e. The third-order valence-corrected chi connectivity index (χ3v) is 1.85. The topological polar surface area (TPSA) is 39.2 Å². The molecule has 80 valence electrons. The van der Waals surface area contributed by atoms with E-state index in [1.54, 1.807) is 6.92 Å². The van der Waals surface area contributed by atoms with Crippen molar-refractivity contribution in [3.05, 3.63) is 34.9 Å². The predicted octanol–water partition coefficient (Wildman–Crippen LogP) is 2.45. The van der Waals surface area contributed by atoms with Gasteiger partial charge in [-0.2, -0.15) is 4.39 Å². The lowest BCUT2D eigenvalue weighted by atomic mass is 10.2. The van der Waals surface area contributed by atoms with Crippen molar-refractivity contribution in [1.82, 2.24) is 4.98 Å². The summed E-state index contributed by atoms with van der Waals surface area (Å²) in [6.45, 7) is 1.99. The quantitative estimate of drug-likeness (QED) is 0.454. The number of nitrogens with zero attached hydrogens (tertiary/aromatic N) is 1. The molecule has 0 aliphatic rings. The molecule has 1 aromatic rings. The summed E-state index contributed by atoms with van der Waals surface area (Å²) in [5.41, 5.74) is 0.386. The number of ether oxygens (including phenoxy) is 1. The number of hydrogen-bond acceptors (Lipinski definition) is 3. The molecule has 0 atom stereocenters. The molecule has 0 aliphatic carbocycles. The Bertz CT molecular complexity index is 393. The molecule has 0 radical (unpaired) electrons. The van der Waals surface area contributed by atoms with Crippen molar-refractivity contribution in [1.29, 1.82) is 0 Å². The smallest absolute Gasteiger partial charge is 0.330 e. The number of halogens is 2. The molecule has 0 aliphatic heterocycles. The minimum Gasteiger partial charge on any atom is -0.463 e. The summed E-state index contributed by atoms with van der Waals surface area (Å²) >= 11 is 5.72. The highest BCUT2D eigenvalue weighted by Gasteiger charge is 2.01. The lowest BCUT2D eigenvalue weighted by Gasteiger charge is -1.97. The van der Waals surface area contributed by atoms with Gasteiger partial charge in [-0.3, -0.25) is 0 Å². The molecule has 0 amide bonds. The van der Waals surface area contributed by atoms with E-state index in [4.69, 9.17) is 11.6 Å². The molecule has 0 saturated heterocycles. The van der Waals surface area contributed by atoms with Crippen molar-refractivity contribution >= 4 is 23.6 Å². The van der Waals surface area contributed by atoms with Crippen molar-refractivity contribution in [3.63, 3.8) is 0 Å². The first-order valence-corrected chi connectivity index (χ1v) is 4.67. The lowest BCUT2D eigenvalue weighted by molar-refractivity contribution is -0.137. The molecule has 0 saturated carbocycles. The van der Waals surface area contributed by atoms with E-state index >= 15 is 0 Å². The fourth-order valence-corrected chi connectivity index (χ4v) is 1.07. The molecule has 5 heteroatoms. The molecule has 0 spiro atoms. The first-order valence-electron chi connectivity index (χ1n) is 4.29. The SMILES string of the molecule is CCOC(=O)C=Cc1cc(F)ncc1Cl. The van der Waals surface area contributed by atoms with Gasteiger partial charge in [0.1, 0.15) is 0 Å². The van der Waals surface area contributed by atoms with Gasteiger partial charge < -0.3 is 4.74 Å². The van der Waals surface area contributed by atoms with Crippen LogP contribution in [0.4, 0.5) is 4.39 Å². The van der Waals surface area contributed by atoms with E-state index in [0.717, 1.165) is 6.07 Å². The van der Waals surface area contributed by atoms with Gasteiger partial charge in [-0.1, -0.05) is 11.6 Å². The highest BCUT2D eigenvalue weighted by Crippen LogP contribution is 2.16. The fraction of sp³-hybridized carbons (Fsp3) is 0.200. The van der Waals surface area contributed by atoms with Gasteiger partial charge in [0.25, 0.3) is 0 Å². The van der Waals surface area contributed by atoms with E-state index in [-0.39, 0.29) is 5.02 Å². The van der Waals surface area contributed by atoms with Gasteiger partial charge in [0.2, 0.25) is 5.95 Å². The summed E-state index contributed by atoms with van der Waals surface area (Å²) < 4.78 is 17.4. The van der Waals surface area contributed by atoms with Gasteiger partial charge >= 0.3 is 5.97 Å². The van der Waals surface area contributed by atoms with Crippen LogP contribution in [0.1, 0.15) is 12.5 Å². The van der Waals surface area contributed by atoms with Gasteiger partial charge in [-0.25, -0.2) is 9.78 Å². The van der Waals surface area contributed by atoms with Crippen molar-refractivity contribution in [3.8, 4) is 0 Å². The van der Waals surface area contributed by atoms with Crippen LogP contribution >= 0.6 is 11.6 Å². The Morgan fingerprint density at radius 2 is 2.47 bits per heavy atom. The Hall–Kier alpha value is -1.42. The first-order chi connectivity index (χ1) is 7.13. The van der Waals surface area contributed by atoms with E-state index in [2.05, 4.69) is 9.72 Å². The van der Waals surface area contributed by atoms with E-state index < -0.39 is 11.9 Å². The van der Waals surface area contributed by atoms with E-state index in [0.29, 0.717) is 12.2 Å². The van der Waals surface area contributed by atoms with Crippen LogP contribution in [-0.4, -0.2) is 17.6 Å². The van der Waals surface area contributed by atoms with Gasteiger partial charge in [0.05, 0.1) is 11.6 Å². The number of carbonyl (C=O) groups excluding carboxylic acids is 1. The maximum atomic E-state index is 12.7. The van der Waals surface area contributed by atoms with Gasteiger partial charge in [0, 0.05) is 18.3 Å². The summed E-state index contributed by atoms with van der Waals surface area (Å²) in [5.74, 6) is -1.14. The van der Waals surface area contributed by atoms with Crippen molar-refractivity contribution in [2.24, 2.45) is 0 Å². The van der Waals surface area contributed by atoms with Gasteiger partial charge in [0.15, 0.2) is 0 Å². The molecule has 0 aromatic carbocycles. The zero-order chi connectivity index (χ0) is 11.3. The molecule has 1 heterocycles. The normalized spacial score (nSPS) is 10.6. The number of hydrogen-bond donors (Lipinski definition) is 0. The van der Waals surface area contributed by atoms with Crippen LogP contribution in [0.25, 0.3) is 6.08 Å². The number of aromatic nitrogens is 1. The average Bonchev–Trinajstić information content (AvgIpc) is 2.20. The predicted molar refractivity (Wildman–Crippen MR) is 54.9 cm³/mol. The monoisotopic (exact) mass is 229 g/mol. The molecule has 15 heavy (non-hydrogen) atoms. The molecule has 1 rings (SSSR count). The Morgan fingerprint density at radius 3 is 3.13 bits per heavy atom. The van der Waals surface area contributed by atoms with E-state index in [1.165, 1.54) is 18.3 Å². The molecule has 3 nitrogen and oxygen atoms in total. The van der Waals surface area contributed by atoms with E-state index in [9.17, 15) is 9.18 Å². The first kappa shape index (κ1) is 11.7. The van der Waals surface area contributed by atoms with Gasteiger partial charge in [-0.15, -0.1) is 0 Å². The standard InChI is InChI=1S/C10H9ClFNO2/c1-2-15-10(14)4-3-7-5-9(12)13-6-8(7)11/h3-6H,2H2,1H3. The second kappa shape index (κ2) is 5.46. The van der Waals surface area contributed by atoms with Crippen molar-refractivity contribution in [2.45, 2.75) is 6.92 Å². The van der Waals surface area contributed by atoms with Crippen molar-refractivity contribution < 1.29 is 13.9 Å². The second-order valence-corrected chi connectivity index (χ2v) is 3.02. The second-order valence-electron chi connectivity index (χ2n) is 2.61. The van der Waals surface area contributed by atoms with Crippen LogP contribution in [0.5, 0.6) is 0 Å². The minimum absolute atomic E-state index is 0.275. The molecule has 1 aromatic heterocycles. The highest BCUT2D eigenvalue weighted by molar-refractivity contribution is 6.32. The van der Waals surface area contributed by atoms with Gasteiger partial charge in [-0.05, 0) is 18.6 Å². The third kappa shape index (κ3) is 3.67. The highest BCUT2D eigenvalue weighted by atomic mass is 35.5. The molecule has 0 N–H and O–H groups in total. The summed E-state index contributed by atoms with van der Waals surface area (Å²) in [7, 11) is 0. The van der Waals surface area contributed by atoms with Crippen LogP contribution in [0.3, 0.4) is 0 Å². The Kier molecular flexibility index (Phi) is 4.24. The van der Waals surface area contributed by atoms with Crippen LogP contribution in [0.2, 0.25) is 5.02 Å². The molecular weight excluding hydrogens is 221 g/mol. The zero-order valence-corrected chi connectivity index (χ0v) is 8.79. The molecule has 0 bridgehead atoms. The Labute approximate surface area is 91.5 Å². The Morgan fingerprint density at radius 1 is 1.73 bits per heavy atom. The summed E-state index contributed by atoms with van der Waals surface area (Å²) in [4.78, 5) is 14.3. The molecule has 0 unspecified atom stereocenters. The third-order valence-electron chi connectivity index (χ3n) is 1.54. The van der Waals surface area contributed by atoms with Crippen molar-refractivity contribution in [2.75, 3.05) is 6.61 Å². The van der Waals surface area contributed by atoms with Crippen LogP contribution in [0, 0.1) is 5.95 Å². The van der Waals surface area contributed by atoms with E-state index in [1.807, 2.05) is 0 Å². The number of pyridine rings is 1. The fourth-order valence-electron chi connectivity index (χ4n) is 0.903. The average molecular weight is 230 g/mol. The zero-order valence-electron chi connectivity index (χ0n) is 8.04. The number of carbonyl (C=O) groups is 1. The summed E-state index contributed by atoms with van der Waals surface area (Å²) in [6, 6.07) is 1.14. The number of esters is 1.